The Hall–Kier alpha value is -0.185. The molecular formula is C5H8BF3N. The average Bonchev–Trinajstić information content (AvgIpc) is 1.77. The van der Waals surface area contributed by atoms with Crippen molar-refractivity contribution in [2.75, 3.05) is 6.54 Å². The van der Waals surface area contributed by atoms with E-state index in [0.717, 1.165) is 0 Å². The monoisotopic (exact) mass is 150 g/mol. The van der Waals surface area contributed by atoms with Crippen LogP contribution in [0.3, 0.4) is 0 Å². The van der Waals surface area contributed by atoms with Gasteiger partial charge in [0, 0.05) is 21.4 Å². The van der Waals surface area contributed by atoms with Gasteiger partial charge in [-0.15, -0.1) is 4.48 Å². The lowest BCUT2D eigenvalue weighted by Gasteiger charge is -2.26. The van der Waals surface area contributed by atoms with E-state index in [-0.39, 0.29) is 26.5 Å². The third-order valence-corrected chi connectivity index (χ3v) is 1.44. The minimum absolute atomic E-state index is 0. The topological polar surface area (TPSA) is 3.24 Å². The average molecular weight is 150 g/mol. The van der Waals surface area contributed by atoms with E-state index < -0.39 is 6.05 Å². The first-order chi connectivity index (χ1) is 4.13. The van der Waals surface area contributed by atoms with Crippen LogP contribution in [-0.2, 0) is 0 Å². The summed E-state index contributed by atoms with van der Waals surface area (Å²) in [6, 6.07) is -3.20. The van der Waals surface area contributed by atoms with E-state index in [1.807, 2.05) is 0 Å². The number of alkyl halides is 2. The summed E-state index contributed by atoms with van der Waals surface area (Å²) < 4.78 is 36.3. The van der Waals surface area contributed by atoms with Gasteiger partial charge in [-0.25, -0.2) is 0 Å². The van der Waals surface area contributed by atoms with E-state index in [1.54, 1.807) is 0 Å². The zero-order chi connectivity index (χ0) is 6.91. The molecule has 0 saturated carbocycles. The SMILES string of the molecule is FN1CCCCC1(F)F.[B]. The summed E-state index contributed by atoms with van der Waals surface area (Å²) in [7, 11) is 0. The van der Waals surface area contributed by atoms with E-state index in [4.69, 9.17) is 0 Å². The molecule has 0 bridgehead atoms. The summed E-state index contributed by atoms with van der Waals surface area (Å²) in [4.78, 5) is 0. The Bertz CT molecular complexity index is 109. The predicted molar refractivity (Wildman–Crippen MR) is 32.4 cm³/mol. The van der Waals surface area contributed by atoms with Crippen molar-refractivity contribution >= 4 is 8.41 Å². The quantitative estimate of drug-likeness (QED) is 0.287. The summed E-state index contributed by atoms with van der Waals surface area (Å²) in [5, 5.41) is -0.378. The molecule has 0 aromatic carbocycles. The van der Waals surface area contributed by atoms with Crippen LogP contribution in [0.4, 0.5) is 13.3 Å². The third kappa shape index (κ3) is 1.90. The molecule has 0 N–H and O–H groups in total. The van der Waals surface area contributed by atoms with Crippen LogP contribution < -0.4 is 0 Å². The van der Waals surface area contributed by atoms with Gasteiger partial charge in [0.15, 0.2) is 0 Å². The molecule has 1 aliphatic heterocycles. The van der Waals surface area contributed by atoms with Gasteiger partial charge in [-0.1, -0.05) is 5.12 Å². The van der Waals surface area contributed by atoms with Crippen LogP contribution in [0.15, 0.2) is 0 Å². The molecule has 10 heavy (non-hydrogen) atoms. The molecule has 0 aromatic heterocycles. The van der Waals surface area contributed by atoms with Crippen LogP contribution in [0.1, 0.15) is 19.3 Å². The molecule has 3 radical (unpaired) electrons. The number of piperidine rings is 1. The van der Waals surface area contributed by atoms with E-state index in [0.29, 0.717) is 12.8 Å². The Morgan fingerprint density at radius 3 is 2.10 bits per heavy atom. The molecule has 0 unspecified atom stereocenters. The van der Waals surface area contributed by atoms with Crippen LogP contribution in [0, 0.1) is 0 Å². The van der Waals surface area contributed by atoms with E-state index in [2.05, 4.69) is 0 Å². The highest BCUT2D eigenvalue weighted by molar-refractivity contribution is 5.75. The highest BCUT2D eigenvalue weighted by Crippen LogP contribution is 2.30. The molecule has 1 heterocycles. The lowest BCUT2D eigenvalue weighted by Crippen LogP contribution is -2.39. The fourth-order valence-corrected chi connectivity index (χ4v) is 0.873. The largest absolute Gasteiger partial charge is 0.329 e. The summed E-state index contributed by atoms with van der Waals surface area (Å²) >= 11 is 0. The maximum absolute atomic E-state index is 12.1. The van der Waals surface area contributed by atoms with Crippen LogP contribution in [0.5, 0.6) is 0 Å². The van der Waals surface area contributed by atoms with Crippen molar-refractivity contribution in [1.82, 2.24) is 5.12 Å². The van der Waals surface area contributed by atoms with Crippen molar-refractivity contribution in [3.8, 4) is 0 Å². The van der Waals surface area contributed by atoms with Gasteiger partial charge in [0.2, 0.25) is 0 Å². The van der Waals surface area contributed by atoms with Gasteiger partial charge in [-0.2, -0.15) is 8.78 Å². The molecule has 1 nitrogen and oxygen atoms in total. The lowest BCUT2D eigenvalue weighted by molar-refractivity contribution is -0.252. The molecule has 1 fully saturated rings. The molecule has 5 heteroatoms. The molecular weight excluding hydrogens is 142 g/mol. The number of hydrogen-bond acceptors (Lipinski definition) is 1. The molecule has 1 rings (SSSR count). The molecule has 0 aliphatic carbocycles. The zero-order valence-electron chi connectivity index (χ0n) is 5.49. The molecule has 57 valence electrons. The molecule has 1 saturated heterocycles. The van der Waals surface area contributed by atoms with Crippen LogP contribution >= 0.6 is 0 Å². The molecule has 0 aromatic rings. The van der Waals surface area contributed by atoms with Crippen LogP contribution in [0.25, 0.3) is 0 Å². The second-order valence-corrected chi connectivity index (χ2v) is 2.21. The highest BCUT2D eigenvalue weighted by atomic mass is 19.3. The summed E-state index contributed by atoms with van der Waals surface area (Å²) in [6.07, 6.45) is 0.614. The molecule has 0 spiro atoms. The van der Waals surface area contributed by atoms with Crippen molar-refractivity contribution in [1.29, 1.82) is 0 Å². The minimum atomic E-state index is -3.20. The van der Waals surface area contributed by atoms with Gasteiger partial charge in [0.1, 0.15) is 0 Å². The standard InChI is InChI=1S/C5H8F3N.B/c6-5(7)3-1-2-4-9(5)8;/h1-4H2;. The number of halogens is 3. The van der Waals surface area contributed by atoms with Gasteiger partial charge in [-0.3, -0.25) is 0 Å². The van der Waals surface area contributed by atoms with Gasteiger partial charge in [-0.05, 0) is 12.8 Å². The van der Waals surface area contributed by atoms with Crippen LogP contribution in [0.2, 0.25) is 0 Å². The van der Waals surface area contributed by atoms with E-state index >= 15 is 0 Å². The maximum atomic E-state index is 12.1. The van der Waals surface area contributed by atoms with Gasteiger partial charge in [0.25, 0.3) is 0 Å². The summed E-state index contributed by atoms with van der Waals surface area (Å²) in [6.45, 7) is -0.132. The van der Waals surface area contributed by atoms with Crippen LogP contribution in [-0.4, -0.2) is 26.1 Å². The predicted octanol–water partition coefficient (Wildman–Crippen LogP) is 1.57. The van der Waals surface area contributed by atoms with Gasteiger partial charge < -0.3 is 0 Å². The number of rotatable bonds is 0. The first kappa shape index (κ1) is 9.81. The molecule has 0 amide bonds. The van der Waals surface area contributed by atoms with Crippen molar-refractivity contribution in [2.45, 2.75) is 25.3 Å². The molecule has 0 atom stereocenters. The van der Waals surface area contributed by atoms with Crippen molar-refractivity contribution in [2.24, 2.45) is 0 Å². The Kier molecular flexibility index (Phi) is 3.22. The minimum Gasteiger partial charge on any atom is -0.186 e. The Morgan fingerprint density at radius 2 is 1.80 bits per heavy atom. The Labute approximate surface area is 59.7 Å². The van der Waals surface area contributed by atoms with E-state index in [9.17, 15) is 13.3 Å². The lowest BCUT2D eigenvalue weighted by atomic mass is 10.1. The Morgan fingerprint density at radius 1 is 1.20 bits per heavy atom. The number of hydrogen-bond donors (Lipinski definition) is 0. The third-order valence-electron chi connectivity index (χ3n) is 1.44. The summed E-state index contributed by atoms with van der Waals surface area (Å²) in [5.74, 6) is 0. The first-order valence-electron chi connectivity index (χ1n) is 2.94. The molecule has 1 aliphatic rings. The van der Waals surface area contributed by atoms with Crippen molar-refractivity contribution < 1.29 is 13.3 Å². The normalized spacial score (nSPS) is 25.5. The first-order valence-corrected chi connectivity index (χ1v) is 2.94. The Balaban J connectivity index is 0.000000810. The maximum Gasteiger partial charge on any atom is 0.329 e. The van der Waals surface area contributed by atoms with Gasteiger partial charge >= 0.3 is 6.05 Å². The number of nitrogens with zero attached hydrogens (tertiary/aromatic N) is 1. The van der Waals surface area contributed by atoms with E-state index in [1.165, 1.54) is 0 Å². The second-order valence-electron chi connectivity index (χ2n) is 2.21. The smallest absolute Gasteiger partial charge is 0.186 e. The van der Waals surface area contributed by atoms with Crippen molar-refractivity contribution in [3.05, 3.63) is 0 Å². The fourth-order valence-electron chi connectivity index (χ4n) is 0.873. The second kappa shape index (κ2) is 3.28. The van der Waals surface area contributed by atoms with Crippen molar-refractivity contribution in [3.63, 3.8) is 0 Å². The highest BCUT2D eigenvalue weighted by Gasteiger charge is 2.39. The zero-order valence-corrected chi connectivity index (χ0v) is 5.49. The van der Waals surface area contributed by atoms with Gasteiger partial charge in [0.05, 0.1) is 0 Å². The summed E-state index contributed by atoms with van der Waals surface area (Å²) in [5.41, 5.74) is 0. The fraction of sp³-hybridized carbons (Fsp3) is 1.00.